The summed E-state index contributed by atoms with van der Waals surface area (Å²) in [6, 6.07) is 6.14. The lowest BCUT2D eigenvalue weighted by Crippen LogP contribution is -2.51. The lowest BCUT2D eigenvalue weighted by atomic mass is 10.0. The predicted molar refractivity (Wildman–Crippen MR) is 128 cm³/mol. The molecule has 0 aliphatic heterocycles. The average Bonchev–Trinajstić information content (AvgIpc) is 2.76. The van der Waals surface area contributed by atoms with Gasteiger partial charge >= 0.3 is 29.8 Å². The summed E-state index contributed by atoms with van der Waals surface area (Å²) in [5, 5.41) is 46.2. The minimum atomic E-state index is -1.27. The minimum absolute atomic E-state index is 0.0549. The number of nitrogens with zero attached hydrogens (tertiary/aromatic N) is 3. The highest BCUT2D eigenvalue weighted by molar-refractivity contribution is 5.73. The predicted octanol–water partition coefficient (Wildman–Crippen LogP) is -0.675. The first-order valence-electron chi connectivity index (χ1n) is 11.4. The van der Waals surface area contributed by atoms with Gasteiger partial charge in [-0.05, 0) is 31.0 Å². The molecule has 0 aliphatic rings. The number of carboxylic acids is 5. The van der Waals surface area contributed by atoms with Crippen molar-refractivity contribution in [3.05, 3.63) is 29.8 Å². The number of carbonyl (C=O) groups is 5. The Kier molecular flexibility index (Phi) is 13.6. The SMILES string of the molecule is CCOc1ccc(C[C@@H](CN(CCN(C[13C](=O)O)C[13C](=O)O)C[13C](=O)O)N(C[13C](=O)O)C[13C](=O)O)cc1. The molecule has 0 aromatic heterocycles. The normalized spacial score (nSPS) is 12.0. The molecule has 1 aromatic carbocycles. The van der Waals surface area contributed by atoms with Crippen molar-refractivity contribution in [2.24, 2.45) is 0 Å². The molecule has 0 aliphatic carbocycles. The second-order valence-corrected chi connectivity index (χ2v) is 8.25. The van der Waals surface area contributed by atoms with E-state index in [1.165, 1.54) is 9.80 Å². The smallest absolute Gasteiger partial charge is 0.317 e. The maximum absolute atomic E-state index is 11.5. The third kappa shape index (κ3) is 13.8. The van der Waals surface area contributed by atoms with Crippen molar-refractivity contribution in [2.45, 2.75) is 19.4 Å². The van der Waals surface area contributed by atoms with Gasteiger partial charge in [0.15, 0.2) is 0 Å². The molecule has 14 nitrogen and oxygen atoms in total. The number of aliphatic carboxylic acids is 5. The van der Waals surface area contributed by atoms with E-state index in [-0.39, 0.29) is 26.1 Å². The van der Waals surface area contributed by atoms with Gasteiger partial charge in [0.2, 0.25) is 0 Å². The van der Waals surface area contributed by atoms with Crippen molar-refractivity contribution in [3.63, 3.8) is 0 Å². The number of benzene rings is 1. The third-order valence-electron chi connectivity index (χ3n) is 5.18. The monoisotopic (exact) mass is 532 g/mol. The maximum atomic E-state index is 11.5. The molecule has 0 saturated heterocycles. The maximum Gasteiger partial charge on any atom is 0.317 e. The van der Waals surface area contributed by atoms with Crippen molar-refractivity contribution in [2.75, 3.05) is 59.0 Å². The van der Waals surface area contributed by atoms with Crippen molar-refractivity contribution >= 4 is 29.8 Å². The van der Waals surface area contributed by atoms with E-state index in [2.05, 4.69) is 0 Å². The van der Waals surface area contributed by atoms with Gasteiger partial charge in [0.25, 0.3) is 0 Å². The molecule has 14 heteroatoms. The first-order valence-corrected chi connectivity index (χ1v) is 11.4. The van der Waals surface area contributed by atoms with Crippen LogP contribution in [-0.4, -0.2) is 135 Å². The largest absolute Gasteiger partial charge is 0.494 e. The van der Waals surface area contributed by atoms with Crippen LogP contribution in [0.4, 0.5) is 0 Å². The van der Waals surface area contributed by atoms with Gasteiger partial charge in [-0.25, -0.2) is 0 Å². The van der Waals surface area contributed by atoms with E-state index < -0.39 is 68.6 Å². The quantitative estimate of drug-likeness (QED) is 0.132. The number of hydrogen-bond acceptors (Lipinski definition) is 9. The molecule has 1 rings (SSSR count). The molecule has 0 heterocycles. The van der Waals surface area contributed by atoms with Crippen molar-refractivity contribution in [1.82, 2.24) is 14.7 Å². The van der Waals surface area contributed by atoms with Crippen LogP contribution >= 0.6 is 0 Å². The third-order valence-corrected chi connectivity index (χ3v) is 5.18. The molecular formula is C23H33N3O11. The summed E-state index contributed by atoms with van der Waals surface area (Å²) in [6.07, 6.45) is 0.178. The van der Waals surface area contributed by atoms with Crippen LogP contribution in [-0.2, 0) is 30.4 Å². The molecule has 37 heavy (non-hydrogen) atoms. The molecule has 0 radical (unpaired) electrons. The molecule has 206 valence electrons. The Hall–Kier alpha value is -3.75. The zero-order valence-corrected chi connectivity index (χ0v) is 20.5. The van der Waals surface area contributed by atoms with Crippen molar-refractivity contribution in [1.29, 1.82) is 0 Å². The Bertz CT molecular complexity index is 891. The van der Waals surface area contributed by atoms with E-state index in [1.807, 2.05) is 6.92 Å². The molecule has 0 spiro atoms. The number of rotatable bonds is 20. The second kappa shape index (κ2) is 16.1. The summed E-state index contributed by atoms with van der Waals surface area (Å²) in [6.45, 7) is -0.837. The standard InChI is InChI=1S/C23H33N3O11/c1-2-37-18-5-3-16(4-6-18)9-17(26(14-22(33)34)15-23(35)36)10-24(11-19(27)28)7-8-25(12-20(29)30)13-21(31)32/h3-6,17H,2,7-15H2,1H3,(H,27,28)(H,29,30)(H,31,32)(H,33,34)(H,35,36)/t17-/m0/s1/i19+1,20+1,21+1,22+1,23+1. The summed E-state index contributed by atoms with van der Waals surface area (Å²) in [5.41, 5.74) is 0.725. The van der Waals surface area contributed by atoms with Crippen LogP contribution in [0.25, 0.3) is 0 Å². The van der Waals surface area contributed by atoms with Crippen LogP contribution in [0.1, 0.15) is 12.5 Å². The summed E-state index contributed by atoms with van der Waals surface area (Å²) in [7, 11) is 0. The van der Waals surface area contributed by atoms with Crippen LogP contribution in [0, 0.1) is 0 Å². The average molecular weight is 532 g/mol. The van der Waals surface area contributed by atoms with E-state index in [9.17, 15) is 39.3 Å². The van der Waals surface area contributed by atoms with Crippen LogP contribution < -0.4 is 4.74 Å². The lowest BCUT2D eigenvalue weighted by Gasteiger charge is -2.34. The molecule has 0 bridgehead atoms. The molecule has 5 N–H and O–H groups in total. The van der Waals surface area contributed by atoms with E-state index in [0.717, 1.165) is 10.5 Å². The fourth-order valence-electron chi connectivity index (χ4n) is 3.73. The number of ether oxygens (including phenoxy) is 1. The van der Waals surface area contributed by atoms with E-state index >= 15 is 0 Å². The zero-order chi connectivity index (χ0) is 28.0. The van der Waals surface area contributed by atoms with Gasteiger partial charge in [-0.15, -0.1) is 0 Å². The van der Waals surface area contributed by atoms with Crippen molar-refractivity contribution in [3.8, 4) is 5.75 Å². The summed E-state index contributed by atoms with van der Waals surface area (Å²) in [4.78, 5) is 60.4. The van der Waals surface area contributed by atoms with Gasteiger partial charge in [0.05, 0.1) is 39.3 Å². The minimum Gasteiger partial charge on any atom is -0.494 e. The summed E-state index contributed by atoms with van der Waals surface area (Å²) in [5.74, 6) is -5.65. The molecular weight excluding hydrogens is 499 g/mol. The fourth-order valence-corrected chi connectivity index (χ4v) is 3.73. The number of hydrogen-bond donors (Lipinski definition) is 5. The van der Waals surface area contributed by atoms with Crippen LogP contribution in [0.2, 0.25) is 0 Å². The highest BCUT2D eigenvalue weighted by Crippen LogP contribution is 2.16. The van der Waals surface area contributed by atoms with Gasteiger partial charge in [-0.1, -0.05) is 12.1 Å². The molecule has 1 aromatic rings. The van der Waals surface area contributed by atoms with Gasteiger partial charge in [-0.3, -0.25) is 38.7 Å². The van der Waals surface area contributed by atoms with Gasteiger partial charge < -0.3 is 30.3 Å². The Labute approximate surface area is 213 Å². The molecule has 0 unspecified atom stereocenters. The second-order valence-electron chi connectivity index (χ2n) is 8.25. The van der Waals surface area contributed by atoms with Gasteiger partial charge in [0.1, 0.15) is 5.75 Å². The summed E-state index contributed by atoms with van der Waals surface area (Å²) >= 11 is 0. The van der Waals surface area contributed by atoms with Crippen molar-refractivity contribution < 1.29 is 54.2 Å². The highest BCUT2D eigenvalue weighted by Gasteiger charge is 2.27. The molecule has 1 atom stereocenters. The number of carboxylic acid groups (broad SMARTS) is 5. The highest BCUT2D eigenvalue weighted by atomic mass is 16.5. The van der Waals surface area contributed by atoms with Crippen LogP contribution in [0.3, 0.4) is 0 Å². The summed E-state index contributed by atoms with van der Waals surface area (Å²) < 4.78 is 5.41. The first-order chi connectivity index (χ1) is 17.4. The van der Waals surface area contributed by atoms with Crippen LogP contribution in [0.5, 0.6) is 5.75 Å². The first kappa shape index (κ1) is 31.3. The Morgan fingerprint density at radius 2 is 1.14 bits per heavy atom. The Morgan fingerprint density at radius 3 is 1.57 bits per heavy atom. The van der Waals surface area contributed by atoms with Crippen LogP contribution in [0.15, 0.2) is 24.3 Å². The Balaban J connectivity index is 3.21. The molecule has 0 amide bonds. The van der Waals surface area contributed by atoms with E-state index in [4.69, 9.17) is 14.9 Å². The Morgan fingerprint density at radius 1 is 0.703 bits per heavy atom. The van der Waals surface area contributed by atoms with E-state index in [1.54, 1.807) is 24.3 Å². The van der Waals surface area contributed by atoms with Gasteiger partial charge in [0, 0.05) is 25.7 Å². The zero-order valence-electron chi connectivity index (χ0n) is 20.5. The topological polar surface area (TPSA) is 205 Å². The lowest BCUT2D eigenvalue weighted by molar-refractivity contribution is -0.144. The van der Waals surface area contributed by atoms with Gasteiger partial charge in [-0.2, -0.15) is 0 Å². The molecule has 0 fully saturated rings. The molecule has 0 saturated carbocycles. The fraction of sp³-hybridized carbons (Fsp3) is 0.522. The van der Waals surface area contributed by atoms with E-state index in [0.29, 0.717) is 12.4 Å².